The van der Waals surface area contributed by atoms with E-state index >= 15 is 0 Å². The third kappa shape index (κ3) is 9.07. The van der Waals surface area contributed by atoms with Crippen molar-refractivity contribution >= 4 is 58.2 Å². The van der Waals surface area contributed by atoms with Gasteiger partial charge in [-0.2, -0.15) is 0 Å². The first kappa shape index (κ1) is 40.0. The van der Waals surface area contributed by atoms with Crippen LogP contribution in [0.2, 0.25) is 5.02 Å². The van der Waals surface area contributed by atoms with E-state index in [0.29, 0.717) is 63.0 Å². The standard InChI is InChI=1S/C40H42ClFN6O8/c41-30-8-4-7-29(35(30)42)32-21-33(56-46-32)38(51)48-20-16-27-26(5-3-6-28(27)36(48)37(50)44-25-12-10-24(11-13-25)39(52)53)23-14-18-47(19-15-23)22-34(49)45-31(40(54)55)9-1-2-17-43/h3-8,10-14,31,33,36H,1-2,9,15-22,43H2,(H,44,50)(H,45,49)(H,52,53)(H,54,55)/t31-,33+,36-/m0/s1. The van der Waals surface area contributed by atoms with Crippen molar-refractivity contribution < 1.29 is 43.4 Å². The highest BCUT2D eigenvalue weighted by molar-refractivity contribution is 6.31. The van der Waals surface area contributed by atoms with Crippen molar-refractivity contribution in [2.24, 2.45) is 10.9 Å². The number of nitrogens with one attached hydrogen (secondary N) is 2. The first-order valence-corrected chi connectivity index (χ1v) is 18.7. The molecule has 0 saturated carbocycles. The zero-order valence-corrected chi connectivity index (χ0v) is 31.1. The van der Waals surface area contributed by atoms with Gasteiger partial charge in [-0.25, -0.2) is 14.0 Å². The zero-order valence-electron chi connectivity index (χ0n) is 30.4. The van der Waals surface area contributed by atoms with Crippen molar-refractivity contribution in [2.75, 3.05) is 38.0 Å². The number of nitrogens with zero attached hydrogens (tertiary/aromatic N) is 3. The van der Waals surface area contributed by atoms with Crippen molar-refractivity contribution in [2.45, 2.75) is 56.7 Å². The van der Waals surface area contributed by atoms with Crippen molar-refractivity contribution in [1.82, 2.24) is 15.1 Å². The van der Waals surface area contributed by atoms with Gasteiger partial charge in [0.05, 0.1) is 22.8 Å². The maximum Gasteiger partial charge on any atom is 0.335 e. The lowest BCUT2D eigenvalue weighted by Crippen LogP contribution is -2.49. The topological polar surface area (TPSA) is 204 Å². The van der Waals surface area contributed by atoms with E-state index in [4.69, 9.17) is 22.2 Å². The summed E-state index contributed by atoms with van der Waals surface area (Å²) in [7, 11) is 0. The van der Waals surface area contributed by atoms with Gasteiger partial charge in [-0.1, -0.05) is 47.1 Å². The molecule has 0 radical (unpaired) electrons. The molecule has 6 N–H and O–H groups in total. The Labute approximate surface area is 327 Å². The molecule has 3 heterocycles. The Morgan fingerprint density at radius 2 is 1.73 bits per heavy atom. The van der Waals surface area contributed by atoms with E-state index in [1.165, 1.54) is 41.3 Å². The van der Waals surface area contributed by atoms with Gasteiger partial charge in [-0.3, -0.25) is 19.3 Å². The van der Waals surface area contributed by atoms with Crippen molar-refractivity contribution in [3.63, 3.8) is 0 Å². The number of oxime groups is 1. The lowest BCUT2D eigenvalue weighted by molar-refractivity contribution is -0.148. The summed E-state index contributed by atoms with van der Waals surface area (Å²) in [6.07, 6.45) is 3.38. The molecule has 16 heteroatoms. The molecule has 0 fully saturated rings. The second-order valence-corrected chi connectivity index (χ2v) is 14.2. The third-order valence-corrected chi connectivity index (χ3v) is 10.4. The minimum Gasteiger partial charge on any atom is -0.480 e. The number of carboxylic acids is 2. The number of carboxylic acid groups (broad SMARTS) is 2. The highest BCUT2D eigenvalue weighted by atomic mass is 35.5. The molecule has 0 aliphatic carbocycles. The van der Waals surface area contributed by atoms with Gasteiger partial charge in [0.2, 0.25) is 12.0 Å². The van der Waals surface area contributed by atoms with Crippen LogP contribution in [0.3, 0.4) is 0 Å². The number of amides is 3. The van der Waals surface area contributed by atoms with Crippen molar-refractivity contribution in [3.05, 3.63) is 105 Å². The van der Waals surface area contributed by atoms with Crippen LogP contribution in [-0.2, 0) is 30.4 Å². The largest absolute Gasteiger partial charge is 0.480 e. The summed E-state index contributed by atoms with van der Waals surface area (Å²) in [6.45, 7) is 1.59. The number of benzene rings is 3. The Bertz CT molecular complexity index is 2080. The second kappa shape index (κ2) is 17.9. The van der Waals surface area contributed by atoms with Gasteiger partial charge < -0.3 is 36.3 Å². The van der Waals surface area contributed by atoms with E-state index < -0.39 is 47.8 Å². The lowest BCUT2D eigenvalue weighted by Gasteiger charge is -2.38. The highest BCUT2D eigenvalue weighted by Crippen LogP contribution is 2.38. The molecule has 56 heavy (non-hydrogen) atoms. The minimum atomic E-state index is -1.13. The summed E-state index contributed by atoms with van der Waals surface area (Å²) in [5.74, 6) is -4.31. The Kier molecular flexibility index (Phi) is 12.8. The number of halogens is 2. The molecule has 0 aromatic heterocycles. The van der Waals surface area contributed by atoms with Crippen LogP contribution in [0.25, 0.3) is 5.57 Å². The molecule has 14 nitrogen and oxygen atoms in total. The van der Waals surface area contributed by atoms with Crippen molar-refractivity contribution in [3.8, 4) is 0 Å². The van der Waals surface area contributed by atoms with Crippen LogP contribution in [0.5, 0.6) is 0 Å². The van der Waals surface area contributed by atoms with Crippen LogP contribution in [-0.4, -0.2) is 100 Å². The molecule has 3 aliphatic rings. The Morgan fingerprint density at radius 3 is 2.43 bits per heavy atom. The first-order valence-electron chi connectivity index (χ1n) is 18.3. The maximum atomic E-state index is 14.8. The highest BCUT2D eigenvalue weighted by Gasteiger charge is 2.42. The zero-order chi connectivity index (χ0) is 39.9. The summed E-state index contributed by atoms with van der Waals surface area (Å²) >= 11 is 5.98. The minimum absolute atomic E-state index is 0.0305. The molecular formula is C40H42ClFN6O8. The van der Waals surface area contributed by atoms with E-state index in [9.17, 15) is 38.6 Å². The van der Waals surface area contributed by atoms with E-state index in [1.54, 1.807) is 12.1 Å². The summed E-state index contributed by atoms with van der Waals surface area (Å²) in [6, 6.07) is 13.6. The SMILES string of the molecule is NCCCC[C@H](NC(=O)CN1CC=C(c2cccc3c2CCN(C(=O)[C@H]2CC(c4cccc(Cl)c4F)=NO2)[C@@H]3C(=O)Nc2ccc(C(=O)O)cc2)CC1)C(=O)O. The van der Waals surface area contributed by atoms with E-state index in [2.05, 4.69) is 15.8 Å². The molecule has 6 rings (SSSR count). The number of rotatable bonds is 14. The molecule has 0 unspecified atom stereocenters. The fourth-order valence-electron chi connectivity index (χ4n) is 7.27. The van der Waals surface area contributed by atoms with Gasteiger partial charge in [-0.05, 0) is 97.3 Å². The van der Waals surface area contributed by atoms with Gasteiger partial charge in [0, 0.05) is 37.3 Å². The van der Waals surface area contributed by atoms with Gasteiger partial charge in [0.1, 0.15) is 12.1 Å². The Balaban J connectivity index is 1.22. The van der Waals surface area contributed by atoms with Crippen LogP contribution >= 0.6 is 11.6 Å². The molecule has 3 aromatic carbocycles. The molecule has 3 aliphatic heterocycles. The molecule has 3 aromatic rings. The number of hydrogen-bond donors (Lipinski definition) is 5. The van der Waals surface area contributed by atoms with Crippen molar-refractivity contribution in [1.29, 1.82) is 0 Å². The Hall–Kier alpha value is -5.64. The fourth-order valence-corrected chi connectivity index (χ4v) is 7.44. The van der Waals surface area contributed by atoms with Crippen LogP contribution in [0.15, 0.2) is 71.9 Å². The number of nitrogens with two attached hydrogens (primary N) is 1. The summed E-state index contributed by atoms with van der Waals surface area (Å²) in [5, 5.41) is 28.2. The maximum absolute atomic E-state index is 14.8. The summed E-state index contributed by atoms with van der Waals surface area (Å²) in [5.41, 5.74) is 9.61. The number of carbonyl (C=O) groups is 5. The van der Waals surface area contributed by atoms with Crippen LogP contribution in [0, 0.1) is 5.82 Å². The first-order chi connectivity index (χ1) is 26.9. The number of unbranched alkanes of at least 4 members (excludes halogenated alkanes) is 1. The molecule has 3 atom stereocenters. The summed E-state index contributed by atoms with van der Waals surface area (Å²) < 4.78 is 14.8. The average Bonchev–Trinajstić information content (AvgIpc) is 3.68. The van der Waals surface area contributed by atoms with Gasteiger partial charge in [-0.15, -0.1) is 0 Å². The number of carbonyl (C=O) groups excluding carboxylic acids is 3. The monoisotopic (exact) mass is 788 g/mol. The van der Waals surface area contributed by atoms with E-state index in [0.717, 1.165) is 16.7 Å². The smallest absolute Gasteiger partial charge is 0.335 e. The predicted octanol–water partition coefficient (Wildman–Crippen LogP) is 4.22. The summed E-state index contributed by atoms with van der Waals surface area (Å²) in [4.78, 5) is 73.2. The number of aromatic carboxylic acids is 1. The van der Waals surface area contributed by atoms with Crippen LogP contribution in [0.1, 0.15) is 70.8 Å². The van der Waals surface area contributed by atoms with E-state index in [1.807, 2.05) is 23.1 Å². The average molecular weight is 789 g/mol. The molecule has 0 saturated heterocycles. The number of anilines is 1. The fraction of sp³-hybridized carbons (Fsp3) is 0.350. The quantitative estimate of drug-likeness (QED) is 0.147. The van der Waals surface area contributed by atoms with E-state index in [-0.39, 0.29) is 47.3 Å². The number of fused-ring (bicyclic) bond motifs is 1. The van der Waals surface area contributed by atoms with Gasteiger partial charge in [0.15, 0.2) is 5.82 Å². The normalized spacial score (nSPS) is 18.5. The van der Waals surface area contributed by atoms with Crippen LogP contribution < -0.4 is 16.4 Å². The van der Waals surface area contributed by atoms with Gasteiger partial charge >= 0.3 is 11.9 Å². The second-order valence-electron chi connectivity index (χ2n) is 13.8. The van der Waals surface area contributed by atoms with Gasteiger partial charge in [0.25, 0.3) is 11.8 Å². The number of aliphatic carboxylic acids is 1. The molecule has 0 spiro atoms. The molecule has 294 valence electrons. The lowest BCUT2D eigenvalue weighted by atomic mass is 9.84. The molecular weight excluding hydrogens is 747 g/mol. The van der Waals surface area contributed by atoms with Crippen LogP contribution in [0.4, 0.5) is 10.1 Å². The number of hydrogen-bond acceptors (Lipinski definition) is 9. The molecule has 0 bridgehead atoms. The Morgan fingerprint density at radius 1 is 0.982 bits per heavy atom. The molecule has 3 amide bonds. The predicted molar refractivity (Wildman–Crippen MR) is 206 cm³/mol. The third-order valence-electron chi connectivity index (χ3n) is 10.1.